The largest absolute Gasteiger partial charge is 0.310 e. The van der Waals surface area contributed by atoms with Crippen molar-refractivity contribution in [3.05, 3.63) is 350 Å². The van der Waals surface area contributed by atoms with E-state index in [0.717, 1.165) is 62.3 Å². The SMILES string of the molecule is CC(C)c1ccc(N(c2ccccc2)c2cc3c(sc4cc(N(c5ccc(-c6ccc(N(c7ccc(C8CCCCC8)cc7)c7cc8c(sc9cc(N(c%10ccccc%10)c%10ccc(C%11CCCCC%11)cc%10)c%10ccccc%10c98)c8ccccc78)cc6)cc5)c5ccc(C(C)C)cc5)c5ccccc5c43)c3ccccc23)cc1. The molecule has 2 aliphatic carbocycles. The fourth-order valence-corrected chi connectivity index (χ4v) is 21.3. The summed E-state index contributed by atoms with van der Waals surface area (Å²) in [5.74, 6) is 2.08. The van der Waals surface area contributed by atoms with Crippen LogP contribution in [0, 0.1) is 0 Å². The number of rotatable bonds is 17. The van der Waals surface area contributed by atoms with Gasteiger partial charge in [-0.05, 0) is 215 Å². The fourth-order valence-electron chi connectivity index (χ4n) is 18.7. The third-order valence-electron chi connectivity index (χ3n) is 24.6. The van der Waals surface area contributed by atoms with Crippen LogP contribution in [0.1, 0.15) is 138 Å². The van der Waals surface area contributed by atoms with Gasteiger partial charge < -0.3 is 19.6 Å². The first-order valence-electron chi connectivity index (χ1n) is 40.7. The average Bonchev–Trinajstić information content (AvgIpc) is 1.54. The molecular formula is C106H90N4S2. The molecule has 2 saturated carbocycles. The zero-order chi connectivity index (χ0) is 74.9. The Kier molecular flexibility index (Phi) is 18.3. The highest BCUT2D eigenvalue weighted by atomic mass is 32.1. The summed E-state index contributed by atoms with van der Waals surface area (Å²) in [7, 11) is 0. The maximum Gasteiger partial charge on any atom is 0.0554 e. The van der Waals surface area contributed by atoms with Crippen molar-refractivity contribution >= 4 is 174 Å². The molecule has 112 heavy (non-hydrogen) atoms. The summed E-state index contributed by atoms with van der Waals surface area (Å²) in [5, 5.41) is 15.0. The molecule has 0 saturated heterocycles. The Bertz CT molecular complexity index is 6490. The third kappa shape index (κ3) is 12.5. The van der Waals surface area contributed by atoms with Gasteiger partial charge in [0.2, 0.25) is 0 Å². The summed E-state index contributed by atoms with van der Waals surface area (Å²) in [4.78, 5) is 10.00. The molecule has 4 nitrogen and oxygen atoms in total. The van der Waals surface area contributed by atoms with E-state index in [9.17, 15) is 0 Å². The lowest BCUT2D eigenvalue weighted by Gasteiger charge is -2.29. The first-order valence-corrected chi connectivity index (χ1v) is 42.3. The monoisotopic (exact) mass is 1480 g/mol. The summed E-state index contributed by atoms with van der Waals surface area (Å²) < 4.78 is 5.14. The number of para-hydroxylation sites is 2. The highest BCUT2D eigenvalue weighted by molar-refractivity contribution is 7.27. The lowest BCUT2D eigenvalue weighted by Crippen LogP contribution is -2.11. The molecule has 2 heterocycles. The van der Waals surface area contributed by atoms with Crippen LogP contribution in [-0.2, 0) is 0 Å². The predicted octanol–water partition coefficient (Wildman–Crippen LogP) is 32.9. The molecule has 0 amide bonds. The molecule has 20 rings (SSSR count). The first kappa shape index (κ1) is 69.4. The van der Waals surface area contributed by atoms with Crippen LogP contribution >= 0.6 is 22.7 Å². The van der Waals surface area contributed by atoms with Gasteiger partial charge >= 0.3 is 0 Å². The van der Waals surface area contributed by atoms with Gasteiger partial charge in [0.05, 0.1) is 22.7 Å². The molecule has 2 aliphatic rings. The maximum absolute atomic E-state index is 2.54. The van der Waals surface area contributed by atoms with E-state index in [1.165, 1.54) is 187 Å². The van der Waals surface area contributed by atoms with Gasteiger partial charge in [0.25, 0.3) is 0 Å². The van der Waals surface area contributed by atoms with Gasteiger partial charge in [-0.25, -0.2) is 0 Å². The number of anilines is 12. The van der Waals surface area contributed by atoms with Crippen molar-refractivity contribution in [2.24, 2.45) is 0 Å². The second kappa shape index (κ2) is 29.5. The van der Waals surface area contributed by atoms with E-state index in [0.29, 0.717) is 23.7 Å². The van der Waals surface area contributed by atoms with Gasteiger partial charge in [-0.1, -0.05) is 272 Å². The Labute approximate surface area is 665 Å². The van der Waals surface area contributed by atoms with Gasteiger partial charge in [-0.15, -0.1) is 22.7 Å². The average molecular weight is 1480 g/mol. The van der Waals surface area contributed by atoms with E-state index in [2.05, 4.69) is 375 Å². The molecular weight excluding hydrogens is 1390 g/mol. The van der Waals surface area contributed by atoms with Crippen LogP contribution in [0.5, 0.6) is 0 Å². The van der Waals surface area contributed by atoms with Crippen molar-refractivity contribution in [3.63, 3.8) is 0 Å². The lowest BCUT2D eigenvalue weighted by molar-refractivity contribution is 0.443. The standard InChI is InChI=1S/C106H90N4S2/c1-69(2)71-41-53-81(54-42-71)107(79-29-13-7-14-30-79)97-65-95-104-92-38-22-18-34-88(92)100(68-102(104)112-105(95)93-39-23-19-35-89(93)97)110(82-55-43-72(44-56-82)70(3)4)86-63-51-78(52-64-86)77-49-61-85(62-50-77)109(84-59-47-76(48-60-84)74-27-11-6-12-28-74)98-66-96-103-91-37-21-17-33-87(91)99(67-101(103)111-106(96)94-40-24-20-36-90(94)98)108(80-31-15-8-16-32-80)83-57-45-75(46-58-83)73-25-9-5-10-26-73/h7-8,13-24,29-70,73-74H,5-6,9-12,25-28H2,1-4H3. The van der Waals surface area contributed by atoms with Crippen molar-refractivity contribution in [1.29, 1.82) is 0 Å². The van der Waals surface area contributed by atoms with Gasteiger partial charge in [0, 0.05) is 118 Å². The van der Waals surface area contributed by atoms with E-state index in [1.54, 1.807) is 0 Å². The fraction of sp³-hybridized carbons (Fsp3) is 0.170. The van der Waals surface area contributed by atoms with Crippen LogP contribution in [0.3, 0.4) is 0 Å². The first-order chi connectivity index (χ1) is 55.2. The molecule has 0 radical (unpaired) electrons. The Hall–Kier alpha value is -11.8. The van der Waals surface area contributed by atoms with Crippen molar-refractivity contribution < 1.29 is 0 Å². The molecule has 6 heteroatoms. The van der Waals surface area contributed by atoms with Crippen LogP contribution in [-0.4, -0.2) is 0 Å². The van der Waals surface area contributed by atoms with E-state index in [4.69, 9.17) is 0 Å². The molecule has 0 spiro atoms. The second-order valence-electron chi connectivity index (χ2n) is 31.9. The van der Waals surface area contributed by atoms with E-state index in [1.807, 2.05) is 22.7 Å². The second-order valence-corrected chi connectivity index (χ2v) is 34.0. The molecule has 16 aromatic carbocycles. The summed E-state index contributed by atoms with van der Waals surface area (Å²) >= 11 is 3.85. The normalized spacial score (nSPS) is 13.8. The third-order valence-corrected chi connectivity index (χ3v) is 26.9. The highest BCUT2D eigenvalue weighted by Gasteiger charge is 2.28. The van der Waals surface area contributed by atoms with Crippen molar-refractivity contribution in [2.75, 3.05) is 19.6 Å². The van der Waals surface area contributed by atoms with E-state index in [-0.39, 0.29) is 0 Å². The Morgan fingerprint density at radius 3 is 0.821 bits per heavy atom. The minimum absolute atomic E-state index is 0.400. The zero-order valence-corrected chi connectivity index (χ0v) is 65.8. The molecule has 18 aromatic rings. The van der Waals surface area contributed by atoms with Crippen molar-refractivity contribution in [3.8, 4) is 11.1 Å². The molecule has 0 unspecified atom stereocenters. The lowest BCUT2D eigenvalue weighted by atomic mass is 9.84. The molecule has 546 valence electrons. The molecule has 0 N–H and O–H groups in total. The maximum atomic E-state index is 2.54. The molecule has 2 aromatic heterocycles. The number of hydrogen-bond donors (Lipinski definition) is 0. The minimum Gasteiger partial charge on any atom is -0.310 e. The van der Waals surface area contributed by atoms with Crippen LogP contribution in [0.25, 0.3) is 94.6 Å². The molecule has 0 aliphatic heterocycles. The quantitative estimate of drug-likeness (QED) is 0.0901. The number of fused-ring (bicyclic) bond motifs is 14. The topological polar surface area (TPSA) is 13.0 Å². The van der Waals surface area contributed by atoms with Crippen LogP contribution < -0.4 is 19.6 Å². The summed E-state index contributed by atoms with van der Waals surface area (Å²) in [6.07, 6.45) is 13.0. The molecule has 0 atom stereocenters. The summed E-state index contributed by atoms with van der Waals surface area (Å²) in [6, 6.07) is 125. The summed E-state index contributed by atoms with van der Waals surface area (Å²) in [6.45, 7) is 9.10. The van der Waals surface area contributed by atoms with E-state index >= 15 is 0 Å². The Morgan fingerprint density at radius 1 is 0.241 bits per heavy atom. The predicted molar refractivity (Wildman–Crippen MR) is 486 cm³/mol. The number of nitrogens with zero attached hydrogens (tertiary/aromatic N) is 4. The highest BCUT2D eigenvalue weighted by Crippen LogP contribution is 2.55. The molecule has 2 fully saturated rings. The van der Waals surface area contributed by atoms with Gasteiger partial charge in [-0.2, -0.15) is 0 Å². The number of hydrogen-bond acceptors (Lipinski definition) is 6. The molecule has 0 bridgehead atoms. The van der Waals surface area contributed by atoms with Crippen molar-refractivity contribution in [2.45, 2.75) is 116 Å². The van der Waals surface area contributed by atoms with Crippen LogP contribution in [0.4, 0.5) is 68.2 Å². The van der Waals surface area contributed by atoms with E-state index < -0.39 is 0 Å². The van der Waals surface area contributed by atoms with Crippen LogP contribution in [0.15, 0.2) is 328 Å². The Balaban J connectivity index is 0.699. The number of benzene rings is 16. The number of thiophene rings is 2. The van der Waals surface area contributed by atoms with Gasteiger partial charge in [0.1, 0.15) is 0 Å². The van der Waals surface area contributed by atoms with Crippen LogP contribution in [0.2, 0.25) is 0 Å². The zero-order valence-electron chi connectivity index (χ0n) is 64.2. The van der Waals surface area contributed by atoms with Crippen molar-refractivity contribution in [1.82, 2.24) is 0 Å². The summed E-state index contributed by atoms with van der Waals surface area (Å²) in [5.41, 5.74) is 21.6. The van der Waals surface area contributed by atoms with Gasteiger partial charge in [0.15, 0.2) is 0 Å². The smallest absolute Gasteiger partial charge is 0.0554 e. The Morgan fingerprint density at radius 2 is 0.500 bits per heavy atom. The van der Waals surface area contributed by atoms with Gasteiger partial charge in [-0.3, -0.25) is 0 Å². The minimum atomic E-state index is 0.400.